The molecule has 0 saturated heterocycles. The molecule has 0 aromatic heterocycles. The van der Waals surface area contributed by atoms with Gasteiger partial charge in [-0.05, 0) is 26.2 Å². The van der Waals surface area contributed by atoms with Crippen molar-refractivity contribution in [2.45, 2.75) is 91.4 Å². The largest absolute Gasteiger partial charge is 0.748 e. The smallest absolute Gasteiger partial charge is 0.309 e. The van der Waals surface area contributed by atoms with Gasteiger partial charge in [0.1, 0.15) is 0 Å². The van der Waals surface area contributed by atoms with Gasteiger partial charge in [-0.2, -0.15) is 0 Å². The average Bonchev–Trinajstić information content (AvgIpc) is 2.79. The van der Waals surface area contributed by atoms with Crippen LogP contribution in [0, 0.1) is 5.41 Å². The zero-order valence-electron chi connectivity index (χ0n) is 16.6. The third-order valence-electron chi connectivity index (χ3n) is 5.53. The molecule has 0 fully saturated rings. The van der Waals surface area contributed by atoms with Crippen LogP contribution in [0.1, 0.15) is 91.4 Å². The molecular formula is C20H35O5S-. The van der Waals surface area contributed by atoms with Crippen LogP contribution in [0.3, 0.4) is 0 Å². The Hall–Kier alpha value is -0.880. The summed E-state index contributed by atoms with van der Waals surface area (Å²) in [5.74, 6) is -0.653. The SMILES string of the molecule is CCCCCCCCCCOC(=O)CC1=C(C)C(C)(CS(=O)(=O)[O-])CC1. The fraction of sp³-hybridized carbons (Fsp3) is 0.850. The van der Waals surface area contributed by atoms with Crippen LogP contribution in [-0.2, 0) is 19.6 Å². The molecule has 0 N–H and O–H groups in total. The van der Waals surface area contributed by atoms with Crippen LogP contribution >= 0.6 is 0 Å². The summed E-state index contributed by atoms with van der Waals surface area (Å²) in [5, 5.41) is 0. The summed E-state index contributed by atoms with van der Waals surface area (Å²) in [5.41, 5.74) is 1.14. The maximum Gasteiger partial charge on any atom is 0.309 e. The van der Waals surface area contributed by atoms with Crippen molar-refractivity contribution in [2.75, 3.05) is 12.4 Å². The maximum atomic E-state index is 12.0. The van der Waals surface area contributed by atoms with Gasteiger partial charge in [-0.3, -0.25) is 4.79 Å². The van der Waals surface area contributed by atoms with Crippen LogP contribution in [0.15, 0.2) is 11.1 Å². The van der Waals surface area contributed by atoms with Crippen LogP contribution in [0.4, 0.5) is 0 Å². The molecule has 1 rings (SSSR count). The first-order chi connectivity index (χ1) is 12.2. The summed E-state index contributed by atoms with van der Waals surface area (Å²) in [6, 6.07) is 0. The molecule has 1 atom stereocenters. The van der Waals surface area contributed by atoms with Crippen molar-refractivity contribution in [3.8, 4) is 0 Å². The fourth-order valence-electron chi connectivity index (χ4n) is 3.67. The number of unbranched alkanes of at least 4 members (excludes halogenated alkanes) is 7. The average molecular weight is 388 g/mol. The van der Waals surface area contributed by atoms with Crippen LogP contribution < -0.4 is 0 Å². The maximum absolute atomic E-state index is 12.0. The molecule has 5 nitrogen and oxygen atoms in total. The lowest BCUT2D eigenvalue weighted by Crippen LogP contribution is -2.25. The van der Waals surface area contributed by atoms with Crippen molar-refractivity contribution in [3.63, 3.8) is 0 Å². The van der Waals surface area contributed by atoms with Crippen molar-refractivity contribution in [3.05, 3.63) is 11.1 Å². The van der Waals surface area contributed by atoms with Crippen molar-refractivity contribution in [1.82, 2.24) is 0 Å². The molecule has 1 aliphatic carbocycles. The van der Waals surface area contributed by atoms with E-state index < -0.39 is 21.3 Å². The zero-order valence-corrected chi connectivity index (χ0v) is 17.5. The lowest BCUT2D eigenvalue weighted by atomic mass is 9.86. The van der Waals surface area contributed by atoms with Gasteiger partial charge in [0.15, 0.2) is 0 Å². The number of hydrogen-bond acceptors (Lipinski definition) is 5. The molecule has 0 amide bonds. The Kier molecular flexibility index (Phi) is 9.86. The van der Waals surface area contributed by atoms with Gasteiger partial charge in [0.2, 0.25) is 0 Å². The van der Waals surface area contributed by atoms with Crippen LogP contribution in [0.2, 0.25) is 0 Å². The molecule has 0 aromatic carbocycles. The lowest BCUT2D eigenvalue weighted by molar-refractivity contribution is -0.142. The molecule has 26 heavy (non-hydrogen) atoms. The van der Waals surface area contributed by atoms with Gasteiger partial charge < -0.3 is 9.29 Å². The van der Waals surface area contributed by atoms with E-state index in [0.29, 0.717) is 19.4 Å². The zero-order chi connectivity index (χ0) is 19.6. The third kappa shape index (κ3) is 8.67. The number of carbonyl (C=O) groups excluding carboxylic acids is 1. The first-order valence-corrected chi connectivity index (χ1v) is 11.5. The predicted molar refractivity (Wildman–Crippen MR) is 103 cm³/mol. The van der Waals surface area contributed by atoms with E-state index in [2.05, 4.69) is 6.92 Å². The van der Waals surface area contributed by atoms with E-state index >= 15 is 0 Å². The van der Waals surface area contributed by atoms with Crippen molar-refractivity contribution in [2.24, 2.45) is 5.41 Å². The molecule has 6 heteroatoms. The molecule has 0 radical (unpaired) electrons. The quantitative estimate of drug-likeness (QED) is 0.197. The standard InChI is InChI=1S/C20H36O5S/c1-4-5-6-7-8-9-10-11-14-25-19(21)15-18-12-13-20(3,17(18)2)16-26(22,23)24/h4-16H2,1-3H3,(H,22,23,24)/p-1. The van der Waals surface area contributed by atoms with Gasteiger partial charge in [0.05, 0.1) is 23.1 Å². The monoisotopic (exact) mass is 387 g/mol. The van der Waals surface area contributed by atoms with Crippen molar-refractivity contribution >= 4 is 16.1 Å². The highest BCUT2D eigenvalue weighted by Gasteiger charge is 2.36. The molecular weight excluding hydrogens is 352 g/mol. The number of allylic oxidation sites excluding steroid dienone is 1. The van der Waals surface area contributed by atoms with E-state index in [4.69, 9.17) is 4.74 Å². The minimum atomic E-state index is -4.28. The number of esters is 1. The Balaban J connectivity index is 2.26. The first-order valence-electron chi connectivity index (χ1n) is 9.96. The molecule has 0 spiro atoms. The second-order valence-electron chi connectivity index (χ2n) is 7.86. The van der Waals surface area contributed by atoms with E-state index in [1.165, 1.54) is 38.5 Å². The lowest BCUT2D eigenvalue weighted by Gasteiger charge is -2.27. The predicted octanol–water partition coefficient (Wildman–Crippen LogP) is 4.72. The van der Waals surface area contributed by atoms with E-state index in [0.717, 1.165) is 24.0 Å². The molecule has 0 bridgehead atoms. The van der Waals surface area contributed by atoms with E-state index in [-0.39, 0.29) is 12.4 Å². The molecule has 152 valence electrons. The second-order valence-corrected chi connectivity index (χ2v) is 9.27. The Morgan fingerprint density at radius 3 is 2.27 bits per heavy atom. The number of ether oxygens (including phenoxy) is 1. The Bertz CT molecular complexity index is 579. The Morgan fingerprint density at radius 1 is 1.12 bits per heavy atom. The fourth-order valence-corrected chi connectivity index (χ4v) is 4.81. The highest BCUT2D eigenvalue weighted by atomic mass is 32.2. The van der Waals surface area contributed by atoms with Crippen LogP contribution in [0.25, 0.3) is 0 Å². The molecule has 0 heterocycles. The number of carbonyl (C=O) groups is 1. The van der Waals surface area contributed by atoms with Gasteiger partial charge in [-0.1, -0.05) is 69.9 Å². The summed E-state index contributed by atoms with van der Waals surface area (Å²) >= 11 is 0. The Morgan fingerprint density at radius 2 is 1.69 bits per heavy atom. The minimum absolute atomic E-state index is 0.206. The summed E-state index contributed by atoms with van der Waals surface area (Å²) in [6.45, 7) is 6.28. The summed E-state index contributed by atoms with van der Waals surface area (Å²) in [4.78, 5) is 12.0. The van der Waals surface area contributed by atoms with Gasteiger partial charge >= 0.3 is 5.97 Å². The summed E-state index contributed by atoms with van der Waals surface area (Å²) < 4.78 is 38.6. The highest BCUT2D eigenvalue weighted by molar-refractivity contribution is 7.85. The topological polar surface area (TPSA) is 83.5 Å². The molecule has 0 saturated carbocycles. The molecule has 0 aromatic rings. The molecule has 1 unspecified atom stereocenters. The Labute approximate surface area is 159 Å². The summed E-state index contributed by atoms with van der Waals surface area (Å²) in [7, 11) is -4.28. The molecule has 1 aliphatic rings. The van der Waals surface area contributed by atoms with Crippen molar-refractivity contribution in [1.29, 1.82) is 0 Å². The van der Waals surface area contributed by atoms with Crippen molar-refractivity contribution < 1.29 is 22.5 Å². The van der Waals surface area contributed by atoms with Gasteiger partial charge in [0, 0.05) is 11.2 Å². The second kappa shape index (κ2) is 11.1. The van der Waals surface area contributed by atoms with Crippen LogP contribution in [-0.4, -0.2) is 31.3 Å². The van der Waals surface area contributed by atoms with Crippen LogP contribution in [0.5, 0.6) is 0 Å². The van der Waals surface area contributed by atoms with Gasteiger partial charge in [0.25, 0.3) is 0 Å². The van der Waals surface area contributed by atoms with Gasteiger partial charge in [-0.15, -0.1) is 0 Å². The third-order valence-corrected chi connectivity index (χ3v) is 6.52. The van der Waals surface area contributed by atoms with Gasteiger partial charge in [-0.25, -0.2) is 8.42 Å². The first kappa shape index (κ1) is 23.2. The minimum Gasteiger partial charge on any atom is -0.748 e. The number of hydrogen-bond donors (Lipinski definition) is 0. The number of rotatable bonds is 13. The van der Waals surface area contributed by atoms with E-state index in [1.54, 1.807) is 6.92 Å². The van der Waals surface area contributed by atoms with E-state index in [9.17, 15) is 17.8 Å². The van der Waals surface area contributed by atoms with E-state index in [1.807, 2.05) is 6.92 Å². The molecule has 0 aliphatic heterocycles. The normalized spacial score (nSPS) is 20.6. The highest BCUT2D eigenvalue weighted by Crippen LogP contribution is 2.44. The summed E-state index contributed by atoms with van der Waals surface area (Å²) in [6.07, 6.45) is 11.1.